The van der Waals surface area contributed by atoms with Gasteiger partial charge in [-0.15, -0.1) is 0 Å². The van der Waals surface area contributed by atoms with E-state index < -0.39 is 0 Å². The quantitative estimate of drug-likeness (QED) is 0.743. The van der Waals surface area contributed by atoms with Gasteiger partial charge in [-0.25, -0.2) is 9.97 Å². The van der Waals surface area contributed by atoms with Crippen molar-refractivity contribution in [3.8, 4) is 17.0 Å². The fraction of sp³-hybridized carbons (Fsp3) is 0.458. The van der Waals surface area contributed by atoms with Gasteiger partial charge in [0.15, 0.2) is 5.82 Å². The van der Waals surface area contributed by atoms with Crippen LogP contribution in [0.3, 0.4) is 0 Å². The Labute approximate surface area is 172 Å². The molecule has 29 heavy (non-hydrogen) atoms. The number of nitrogens with zero attached hydrogens (tertiary/aromatic N) is 2. The second-order valence-electron chi connectivity index (χ2n) is 8.57. The Hall–Kier alpha value is -2.69. The first-order chi connectivity index (χ1) is 14.0. The van der Waals surface area contributed by atoms with Gasteiger partial charge in [-0.1, -0.05) is 24.8 Å². The molecule has 5 heteroatoms. The maximum atomic E-state index is 12.7. The van der Waals surface area contributed by atoms with Crippen LogP contribution in [0.2, 0.25) is 0 Å². The Morgan fingerprint density at radius 2 is 1.97 bits per heavy atom. The van der Waals surface area contributed by atoms with Crippen LogP contribution in [0.5, 0.6) is 5.75 Å². The lowest BCUT2D eigenvalue weighted by Gasteiger charge is -2.22. The van der Waals surface area contributed by atoms with Crippen molar-refractivity contribution in [1.82, 2.24) is 9.97 Å². The molecule has 0 unspecified atom stereocenters. The highest BCUT2D eigenvalue weighted by atomic mass is 16.3. The Morgan fingerprint density at radius 1 is 1.17 bits per heavy atom. The van der Waals surface area contributed by atoms with Gasteiger partial charge in [0.2, 0.25) is 5.91 Å². The molecule has 2 N–H and O–H groups in total. The molecule has 152 valence electrons. The van der Waals surface area contributed by atoms with Crippen molar-refractivity contribution in [2.75, 3.05) is 5.32 Å². The summed E-state index contributed by atoms with van der Waals surface area (Å²) in [6, 6.07) is 5.40. The molecule has 0 aliphatic heterocycles. The van der Waals surface area contributed by atoms with Crippen molar-refractivity contribution in [1.29, 1.82) is 0 Å². The monoisotopic (exact) mass is 391 g/mol. The summed E-state index contributed by atoms with van der Waals surface area (Å²) in [6.45, 7) is 4.03. The lowest BCUT2D eigenvalue weighted by Crippen LogP contribution is -2.21. The van der Waals surface area contributed by atoms with E-state index in [2.05, 4.69) is 5.32 Å². The maximum absolute atomic E-state index is 12.7. The average Bonchev–Trinajstić information content (AvgIpc) is 2.68. The Kier molecular flexibility index (Phi) is 5.65. The Morgan fingerprint density at radius 3 is 2.72 bits per heavy atom. The van der Waals surface area contributed by atoms with E-state index in [9.17, 15) is 9.90 Å². The van der Waals surface area contributed by atoms with Crippen molar-refractivity contribution in [3.63, 3.8) is 0 Å². The highest BCUT2D eigenvalue weighted by Gasteiger charge is 2.23. The van der Waals surface area contributed by atoms with Gasteiger partial charge in [-0.05, 0) is 75.3 Å². The number of benzene rings is 1. The van der Waals surface area contributed by atoms with Gasteiger partial charge in [0.25, 0.3) is 0 Å². The second-order valence-corrected chi connectivity index (χ2v) is 8.57. The first kappa shape index (κ1) is 19.6. The lowest BCUT2D eigenvalue weighted by atomic mass is 9.87. The minimum absolute atomic E-state index is 0.0377. The van der Waals surface area contributed by atoms with E-state index in [0.29, 0.717) is 23.9 Å². The molecule has 1 saturated carbocycles. The fourth-order valence-corrected chi connectivity index (χ4v) is 4.45. The summed E-state index contributed by atoms with van der Waals surface area (Å²) in [5.41, 5.74) is 5.65. The molecule has 0 saturated heterocycles. The summed E-state index contributed by atoms with van der Waals surface area (Å²) < 4.78 is 0. The number of carbonyl (C=O) groups is 1. The zero-order chi connectivity index (χ0) is 20.4. The number of fused-ring (bicyclic) bond motifs is 3. The standard InChI is InChI=1S/C24H29N3O2/c1-15(2)12-21-24(27-22(29)13-16-6-4-3-5-7-16)26-20-11-8-17-14-18(28)9-10-19(17)23(20)25-21/h9-10,12,14,16,28H,3-8,11,13H2,1-2H3,(H,26,27,29). The number of anilines is 1. The molecule has 2 aromatic rings. The van der Waals surface area contributed by atoms with E-state index in [4.69, 9.17) is 9.97 Å². The van der Waals surface area contributed by atoms with Gasteiger partial charge >= 0.3 is 0 Å². The number of aromatic nitrogens is 2. The van der Waals surface area contributed by atoms with Gasteiger partial charge < -0.3 is 10.4 Å². The number of nitrogens with one attached hydrogen (secondary N) is 1. The van der Waals surface area contributed by atoms with Crippen LogP contribution in [0, 0.1) is 5.92 Å². The number of hydrogen-bond donors (Lipinski definition) is 2. The molecule has 1 amide bonds. The SMILES string of the molecule is CC(C)=Cc1nc2c(nc1NC(=O)CC1CCCCC1)CCc1cc(O)ccc1-2. The third-order valence-corrected chi connectivity index (χ3v) is 5.85. The number of amides is 1. The summed E-state index contributed by atoms with van der Waals surface area (Å²) in [7, 11) is 0. The molecule has 1 fully saturated rings. The fourth-order valence-electron chi connectivity index (χ4n) is 4.45. The van der Waals surface area contributed by atoms with Crippen molar-refractivity contribution in [3.05, 3.63) is 40.7 Å². The van der Waals surface area contributed by atoms with Gasteiger partial charge in [-0.2, -0.15) is 0 Å². The largest absolute Gasteiger partial charge is 0.508 e. The van der Waals surface area contributed by atoms with E-state index >= 15 is 0 Å². The third kappa shape index (κ3) is 4.50. The summed E-state index contributed by atoms with van der Waals surface area (Å²) in [6.07, 6.45) is 10.1. The zero-order valence-corrected chi connectivity index (χ0v) is 17.3. The van der Waals surface area contributed by atoms with Crippen molar-refractivity contribution >= 4 is 17.8 Å². The molecule has 1 heterocycles. The minimum atomic E-state index is 0.0377. The number of aryl methyl sites for hydroxylation is 2. The second kappa shape index (κ2) is 8.36. The number of hydrogen-bond acceptors (Lipinski definition) is 4. The van der Waals surface area contributed by atoms with Crippen LogP contribution in [0.25, 0.3) is 17.3 Å². The zero-order valence-electron chi connectivity index (χ0n) is 17.3. The van der Waals surface area contributed by atoms with Crippen LogP contribution >= 0.6 is 0 Å². The normalized spacial score (nSPS) is 15.9. The van der Waals surface area contributed by atoms with E-state index in [-0.39, 0.29) is 11.7 Å². The Bertz CT molecular complexity index is 955. The first-order valence-electron chi connectivity index (χ1n) is 10.7. The molecule has 0 radical (unpaired) electrons. The lowest BCUT2D eigenvalue weighted by molar-refractivity contribution is -0.117. The molecule has 0 atom stereocenters. The van der Waals surface area contributed by atoms with Gasteiger partial charge in [0, 0.05) is 12.0 Å². The van der Waals surface area contributed by atoms with Crippen LogP contribution in [-0.2, 0) is 17.6 Å². The summed E-state index contributed by atoms with van der Waals surface area (Å²) in [5.74, 6) is 1.36. The molecule has 0 bridgehead atoms. The highest BCUT2D eigenvalue weighted by Crippen LogP contribution is 2.35. The van der Waals surface area contributed by atoms with Gasteiger partial charge in [-0.3, -0.25) is 4.79 Å². The topological polar surface area (TPSA) is 75.1 Å². The molecule has 0 spiro atoms. The predicted octanol–water partition coefficient (Wildman–Crippen LogP) is 5.28. The summed E-state index contributed by atoms with van der Waals surface area (Å²) >= 11 is 0. The molecule has 2 aliphatic rings. The molecule has 2 aliphatic carbocycles. The van der Waals surface area contributed by atoms with Crippen LogP contribution in [0.1, 0.15) is 69.3 Å². The van der Waals surface area contributed by atoms with Gasteiger partial charge in [0.1, 0.15) is 11.4 Å². The van der Waals surface area contributed by atoms with Crippen LogP contribution in [0.15, 0.2) is 23.8 Å². The van der Waals surface area contributed by atoms with Crippen LogP contribution < -0.4 is 5.32 Å². The molecule has 4 rings (SSSR count). The maximum Gasteiger partial charge on any atom is 0.225 e. The number of carbonyl (C=O) groups excluding carboxylic acids is 1. The predicted molar refractivity (Wildman–Crippen MR) is 116 cm³/mol. The van der Waals surface area contributed by atoms with E-state index in [1.54, 1.807) is 12.1 Å². The van der Waals surface area contributed by atoms with E-state index in [1.807, 2.05) is 26.0 Å². The molecular formula is C24H29N3O2. The van der Waals surface area contributed by atoms with Crippen molar-refractivity contribution in [2.24, 2.45) is 5.92 Å². The number of phenols is 1. The highest BCUT2D eigenvalue weighted by molar-refractivity contribution is 5.92. The van der Waals surface area contributed by atoms with Crippen molar-refractivity contribution < 1.29 is 9.90 Å². The summed E-state index contributed by atoms with van der Waals surface area (Å²) in [5, 5.41) is 12.8. The first-order valence-corrected chi connectivity index (χ1v) is 10.7. The van der Waals surface area contributed by atoms with Crippen LogP contribution in [0.4, 0.5) is 5.82 Å². The summed E-state index contributed by atoms with van der Waals surface area (Å²) in [4.78, 5) is 22.4. The van der Waals surface area contributed by atoms with Gasteiger partial charge in [0.05, 0.1) is 11.4 Å². The number of allylic oxidation sites excluding steroid dienone is 1. The van der Waals surface area contributed by atoms with Crippen LogP contribution in [-0.4, -0.2) is 21.0 Å². The molecule has 5 nitrogen and oxygen atoms in total. The third-order valence-electron chi connectivity index (χ3n) is 5.85. The number of phenolic OH excluding ortho intramolecular Hbond substituents is 1. The van der Waals surface area contributed by atoms with E-state index in [1.165, 1.54) is 19.3 Å². The average molecular weight is 392 g/mol. The van der Waals surface area contributed by atoms with E-state index in [0.717, 1.165) is 53.8 Å². The molecular weight excluding hydrogens is 362 g/mol. The molecule has 1 aromatic carbocycles. The minimum Gasteiger partial charge on any atom is -0.508 e. The molecule has 1 aromatic heterocycles. The Balaban J connectivity index is 1.64. The smallest absolute Gasteiger partial charge is 0.225 e. The number of aromatic hydroxyl groups is 1. The number of rotatable bonds is 4. The van der Waals surface area contributed by atoms with Crippen molar-refractivity contribution in [2.45, 2.75) is 65.2 Å².